The molecule has 0 saturated heterocycles. The van der Waals surface area contributed by atoms with Crippen molar-refractivity contribution in [3.8, 4) is 0 Å². The number of hydrogen-bond donors (Lipinski definition) is 0. The van der Waals surface area contributed by atoms with Gasteiger partial charge in [-0.1, -0.05) is 28.1 Å². The van der Waals surface area contributed by atoms with Crippen molar-refractivity contribution in [2.45, 2.75) is 6.54 Å². The van der Waals surface area contributed by atoms with E-state index >= 15 is 0 Å². The van der Waals surface area contributed by atoms with Gasteiger partial charge in [-0.2, -0.15) is 0 Å². The normalized spacial score (nSPS) is 11.3. The summed E-state index contributed by atoms with van der Waals surface area (Å²) in [6, 6.07) is 7.85. The van der Waals surface area contributed by atoms with Crippen LogP contribution in [0.1, 0.15) is 5.56 Å². The predicted molar refractivity (Wildman–Crippen MR) is 60.3 cm³/mol. The molecule has 0 heterocycles. The van der Waals surface area contributed by atoms with Crippen LogP contribution in [-0.4, -0.2) is 16.7 Å². The summed E-state index contributed by atoms with van der Waals surface area (Å²) in [5.41, 5.74) is 1.08. The zero-order chi connectivity index (χ0) is 9.90. The van der Waals surface area contributed by atoms with Crippen LogP contribution < -0.4 is 0 Å². The molecule has 0 atom stereocenters. The van der Waals surface area contributed by atoms with Crippen LogP contribution in [-0.2, 0) is 16.3 Å². The largest absolute Gasteiger partial charge is 0.250 e. The first-order valence-corrected chi connectivity index (χ1v) is 6.97. The van der Waals surface area contributed by atoms with Crippen molar-refractivity contribution in [2.75, 3.05) is 12.5 Å². The first kappa shape index (κ1) is 10.7. The number of rotatable bonds is 2. The Morgan fingerprint density at radius 2 is 1.85 bits per heavy atom. The molecule has 2 nitrogen and oxygen atoms in total. The topological polar surface area (TPSA) is 29.4 Å². The second kappa shape index (κ2) is 4.24. The van der Waals surface area contributed by atoms with Gasteiger partial charge < -0.3 is 0 Å². The third-order valence-electron chi connectivity index (χ3n) is 1.47. The molecule has 1 rings (SSSR count). The molecule has 1 aromatic rings. The van der Waals surface area contributed by atoms with Crippen LogP contribution in [0.25, 0.3) is 0 Å². The molecule has 0 aliphatic rings. The summed E-state index contributed by atoms with van der Waals surface area (Å²) in [5.74, 6) is 0. The van der Waals surface area contributed by atoms with Crippen LogP contribution in [0.15, 0.2) is 33.1 Å². The molecule has 4 heteroatoms. The van der Waals surface area contributed by atoms with E-state index in [0.29, 0.717) is 6.54 Å². The zero-order valence-corrected chi connectivity index (χ0v) is 10.1. The van der Waals surface area contributed by atoms with Crippen LogP contribution in [0.3, 0.4) is 0 Å². The summed E-state index contributed by atoms with van der Waals surface area (Å²) in [5, 5.41) is 0. The van der Waals surface area contributed by atoms with Gasteiger partial charge in [0.05, 0.1) is 6.54 Å². The lowest BCUT2D eigenvalue weighted by atomic mass is 10.2. The van der Waals surface area contributed by atoms with E-state index in [2.05, 4.69) is 20.3 Å². The summed E-state index contributed by atoms with van der Waals surface area (Å²) >= 11 is 3.35. The van der Waals surface area contributed by atoms with Gasteiger partial charge >= 0.3 is 0 Å². The summed E-state index contributed by atoms with van der Waals surface area (Å²) in [6.07, 6.45) is 3.29. The second-order valence-corrected chi connectivity index (χ2v) is 6.63. The van der Waals surface area contributed by atoms with Gasteiger partial charge in [-0.15, -0.1) is 0 Å². The van der Waals surface area contributed by atoms with E-state index in [-0.39, 0.29) is 0 Å². The zero-order valence-electron chi connectivity index (χ0n) is 7.66. The van der Waals surface area contributed by atoms with Gasteiger partial charge in [-0.3, -0.25) is 4.21 Å². The van der Waals surface area contributed by atoms with Gasteiger partial charge in [0.1, 0.15) is 0 Å². The number of halogens is 1. The molecule has 0 aliphatic carbocycles. The fourth-order valence-electron chi connectivity index (χ4n) is 0.820. The number of hydrogen-bond acceptors (Lipinski definition) is 2. The first-order chi connectivity index (χ1) is 5.97. The van der Waals surface area contributed by atoms with Gasteiger partial charge in [-0.25, -0.2) is 4.36 Å². The Morgan fingerprint density at radius 3 is 2.31 bits per heavy atom. The Kier molecular flexibility index (Phi) is 3.50. The third kappa shape index (κ3) is 4.43. The van der Waals surface area contributed by atoms with Gasteiger partial charge in [0.25, 0.3) is 0 Å². The average Bonchev–Trinajstić information content (AvgIpc) is 2.02. The predicted octanol–water partition coefficient (Wildman–Crippen LogP) is 2.68. The molecule has 0 amide bonds. The molecule has 0 N–H and O–H groups in total. The highest BCUT2D eigenvalue weighted by Gasteiger charge is 1.93. The third-order valence-corrected chi connectivity index (χ3v) is 2.75. The maximum absolute atomic E-state index is 11.3. The quantitative estimate of drug-likeness (QED) is 0.805. The Morgan fingerprint density at radius 1 is 1.31 bits per heavy atom. The fraction of sp³-hybridized carbons (Fsp3) is 0.333. The molecule has 0 spiro atoms. The van der Waals surface area contributed by atoms with Crippen molar-refractivity contribution in [1.29, 1.82) is 0 Å². The molecule has 0 fully saturated rings. The molecule has 1 aromatic carbocycles. The Balaban J connectivity index is 2.77. The minimum Gasteiger partial charge on any atom is -0.250 e. The maximum atomic E-state index is 11.3. The summed E-state index contributed by atoms with van der Waals surface area (Å²) in [4.78, 5) is 0. The molecule has 0 aromatic heterocycles. The van der Waals surface area contributed by atoms with E-state index in [1.54, 1.807) is 12.5 Å². The minimum atomic E-state index is -1.97. The smallest absolute Gasteiger partial charge is 0.0734 e. The van der Waals surface area contributed by atoms with E-state index in [1.165, 1.54) is 0 Å². The lowest BCUT2D eigenvalue weighted by Gasteiger charge is -1.98. The van der Waals surface area contributed by atoms with Crippen LogP contribution >= 0.6 is 15.9 Å². The second-order valence-electron chi connectivity index (χ2n) is 3.09. The Hall–Kier alpha value is -0.350. The molecule has 0 aliphatic heterocycles. The van der Waals surface area contributed by atoms with Gasteiger partial charge in [-0.05, 0) is 17.7 Å². The van der Waals surface area contributed by atoms with Crippen molar-refractivity contribution in [3.63, 3.8) is 0 Å². The van der Waals surface area contributed by atoms with E-state index in [1.807, 2.05) is 24.3 Å². The Labute approximate surface area is 87.7 Å². The molecular formula is C9H12BrNOS. The van der Waals surface area contributed by atoms with Crippen LogP contribution in [0.5, 0.6) is 0 Å². The standard InChI is InChI=1S/C9H12BrNOS/c1-13(2,12)11-7-8-3-5-9(10)6-4-8/h3-6H,7H2,1-2H3. The fourth-order valence-corrected chi connectivity index (χ4v) is 1.54. The van der Waals surface area contributed by atoms with E-state index in [4.69, 9.17) is 0 Å². The van der Waals surface area contributed by atoms with E-state index < -0.39 is 9.73 Å². The summed E-state index contributed by atoms with van der Waals surface area (Å²) < 4.78 is 16.4. The van der Waals surface area contributed by atoms with Crippen LogP contribution in [0.4, 0.5) is 0 Å². The highest BCUT2D eigenvalue weighted by atomic mass is 79.9. The van der Waals surface area contributed by atoms with Crippen molar-refractivity contribution in [1.82, 2.24) is 0 Å². The summed E-state index contributed by atoms with van der Waals surface area (Å²) in [6.45, 7) is 0.527. The first-order valence-electron chi connectivity index (χ1n) is 3.85. The average molecular weight is 262 g/mol. The van der Waals surface area contributed by atoms with Crippen LogP contribution in [0.2, 0.25) is 0 Å². The highest BCUT2D eigenvalue weighted by Crippen LogP contribution is 2.11. The van der Waals surface area contributed by atoms with Crippen molar-refractivity contribution in [2.24, 2.45) is 4.36 Å². The molecule has 0 radical (unpaired) electrons. The van der Waals surface area contributed by atoms with Crippen molar-refractivity contribution < 1.29 is 4.21 Å². The molecule has 72 valence electrons. The highest BCUT2D eigenvalue weighted by molar-refractivity contribution is 9.10. The number of benzene rings is 1. The molecule has 13 heavy (non-hydrogen) atoms. The summed E-state index contributed by atoms with van der Waals surface area (Å²) in [7, 11) is -1.97. The molecule has 0 bridgehead atoms. The maximum Gasteiger partial charge on any atom is 0.0734 e. The minimum absolute atomic E-state index is 0.527. The van der Waals surface area contributed by atoms with Crippen molar-refractivity contribution in [3.05, 3.63) is 34.3 Å². The Bertz CT molecular complexity index is 383. The number of nitrogens with zero attached hydrogens (tertiary/aromatic N) is 1. The molecule has 0 unspecified atom stereocenters. The lowest BCUT2D eigenvalue weighted by molar-refractivity contribution is 0.682. The molecular weight excluding hydrogens is 250 g/mol. The van der Waals surface area contributed by atoms with Gasteiger partial charge in [0.2, 0.25) is 0 Å². The van der Waals surface area contributed by atoms with Crippen molar-refractivity contribution >= 4 is 25.7 Å². The van der Waals surface area contributed by atoms with Gasteiger partial charge in [0, 0.05) is 26.7 Å². The SMILES string of the molecule is CS(C)(=O)=NCc1ccc(Br)cc1. The monoisotopic (exact) mass is 261 g/mol. The molecule has 0 saturated carbocycles. The van der Waals surface area contributed by atoms with E-state index in [0.717, 1.165) is 10.0 Å². The lowest BCUT2D eigenvalue weighted by Crippen LogP contribution is -1.92. The van der Waals surface area contributed by atoms with Crippen LogP contribution in [0, 0.1) is 0 Å². The van der Waals surface area contributed by atoms with Gasteiger partial charge in [0.15, 0.2) is 0 Å². The van der Waals surface area contributed by atoms with E-state index in [9.17, 15) is 4.21 Å².